The van der Waals surface area contributed by atoms with E-state index in [1.807, 2.05) is 6.92 Å². The van der Waals surface area contributed by atoms with Gasteiger partial charge in [0, 0.05) is 6.61 Å². The Morgan fingerprint density at radius 1 is 1.06 bits per heavy atom. The molecule has 11 atom stereocenters. The van der Waals surface area contributed by atoms with Crippen molar-refractivity contribution in [3.05, 3.63) is 12.2 Å². The van der Waals surface area contributed by atoms with Crippen LogP contribution in [0.1, 0.15) is 85.0 Å². The monoisotopic (exact) mass is 528 g/mol. The molecule has 4 aliphatic carbocycles. The first kappa shape index (κ1) is 28.5. The molecular weight excluding hydrogens is 480 g/mol. The summed E-state index contributed by atoms with van der Waals surface area (Å²) in [6, 6.07) is 0. The Bertz CT molecular complexity index is 906. The molecule has 0 aliphatic heterocycles. The van der Waals surface area contributed by atoms with Crippen molar-refractivity contribution in [2.45, 2.75) is 97.2 Å². The quantitative estimate of drug-likeness (QED) is 0.259. The molecule has 1 unspecified atom stereocenters. The fraction of sp³-hybridized carbons (Fsp3) is 0.929. The van der Waals surface area contributed by atoms with Crippen LogP contribution in [0.15, 0.2) is 12.2 Å². The standard InChI is InChI=1S/C28H48O7S/c1-17(18(2)15-29)5-6-19(16-35-36(32,33)34)22-9-10-23-21-8-7-20-13-25(30)26(31)14-28(20,4)24(21)11-12-27(22,23)3/h18-26,29-31H,1,5-16H2,2-4H3,(H,32,33,34)/t18-,19-,20?,21-,22+,23-,24-,25-,26-,27+,28-/m0/s1. The maximum Gasteiger partial charge on any atom is 0.397 e. The van der Waals surface area contributed by atoms with Crippen LogP contribution in [0.2, 0.25) is 0 Å². The molecule has 4 aliphatic rings. The van der Waals surface area contributed by atoms with Gasteiger partial charge in [0.25, 0.3) is 0 Å². The highest BCUT2D eigenvalue weighted by atomic mass is 32.3. The predicted molar refractivity (Wildman–Crippen MR) is 138 cm³/mol. The van der Waals surface area contributed by atoms with Crippen LogP contribution in [0, 0.1) is 52.3 Å². The second-order valence-corrected chi connectivity index (χ2v) is 14.3. The van der Waals surface area contributed by atoms with Gasteiger partial charge in [-0.3, -0.25) is 4.55 Å². The summed E-state index contributed by atoms with van der Waals surface area (Å²) in [5.74, 6) is 2.44. The molecule has 4 saturated carbocycles. The zero-order chi connectivity index (χ0) is 26.5. The van der Waals surface area contributed by atoms with Crippen molar-refractivity contribution in [2.75, 3.05) is 13.2 Å². The minimum atomic E-state index is -4.51. The van der Waals surface area contributed by atoms with Gasteiger partial charge in [-0.15, -0.1) is 0 Å². The zero-order valence-electron chi connectivity index (χ0n) is 22.3. The van der Waals surface area contributed by atoms with Gasteiger partial charge in [-0.1, -0.05) is 32.9 Å². The van der Waals surface area contributed by atoms with Crippen LogP contribution in [-0.4, -0.2) is 53.7 Å². The lowest BCUT2D eigenvalue weighted by Gasteiger charge is -2.61. The molecule has 7 nitrogen and oxygen atoms in total. The smallest absolute Gasteiger partial charge is 0.396 e. The Balaban J connectivity index is 1.53. The van der Waals surface area contributed by atoms with E-state index < -0.39 is 22.6 Å². The van der Waals surface area contributed by atoms with Crippen LogP contribution in [0.5, 0.6) is 0 Å². The van der Waals surface area contributed by atoms with Crippen LogP contribution in [0.25, 0.3) is 0 Å². The molecule has 0 heterocycles. The molecule has 0 aromatic rings. The van der Waals surface area contributed by atoms with Crippen molar-refractivity contribution < 1.29 is 32.5 Å². The third-order valence-corrected chi connectivity index (χ3v) is 12.0. The van der Waals surface area contributed by atoms with E-state index in [9.17, 15) is 28.3 Å². The molecule has 208 valence electrons. The molecule has 4 fully saturated rings. The number of hydrogen-bond acceptors (Lipinski definition) is 6. The topological polar surface area (TPSA) is 124 Å². The minimum absolute atomic E-state index is 0.00390. The molecule has 0 aromatic heterocycles. The van der Waals surface area contributed by atoms with Crippen LogP contribution in [0.3, 0.4) is 0 Å². The molecule has 0 bridgehead atoms. The van der Waals surface area contributed by atoms with Crippen LogP contribution < -0.4 is 0 Å². The van der Waals surface area contributed by atoms with E-state index in [2.05, 4.69) is 20.4 Å². The molecule has 8 heteroatoms. The number of fused-ring (bicyclic) bond motifs is 5. The minimum Gasteiger partial charge on any atom is -0.396 e. The van der Waals surface area contributed by atoms with Crippen molar-refractivity contribution in [1.29, 1.82) is 0 Å². The van der Waals surface area contributed by atoms with E-state index >= 15 is 0 Å². The Hall–Kier alpha value is -0.510. The van der Waals surface area contributed by atoms with Gasteiger partial charge < -0.3 is 15.3 Å². The van der Waals surface area contributed by atoms with Gasteiger partial charge in [-0.2, -0.15) is 8.42 Å². The number of aliphatic hydroxyl groups excluding tert-OH is 3. The Labute approximate surface area is 217 Å². The van der Waals surface area contributed by atoms with E-state index in [1.54, 1.807) is 0 Å². The molecule has 0 saturated heterocycles. The Morgan fingerprint density at radius 2 is 1.75 bits per heavy atom. The molecule has 0 amide bonds. The van der Waals surface area contributed by atoms with Gasteiger partial charge in [0.2, 0.25) is 0 Å². The van der Waals surface area contributed by atoms with Gasteiger partial charge >= 0.3 is 10.4 Å². The maximum atomic E-state index is 11.5. The van der Waals surface area contributed by atoms with E-state index in [0.717, 1.165) is 50.5 Å². The zero-order valence-corrected chi connectivity index (χ0v) is 23.1. The third-order valence-electron chi connectivity index (χ3n) is 11.6. The molecule has 0 radical (unpaired) electrons. The molecule has 36 heavy (non-hydrogen) atoms. The number of rotatable bonds is 9. The first-order valence-electron chi connectivity index (χ1n) is 14.1. The summed E-state index contributed by atoms with van der Waals surface area (Å²) in [4.78, 5) is 0. The molecule has 0 spiro atoms. The van der Waals surface area contributed by atoms with Crippen LogP contribution >= 0.6 is 0 Å². The summed E-state index contributed by atoms with van der Waals surface area (Å²) in [6.45, 7) is 10.9. The van der Waals surface area contributed by atoms with Crippen molar-refractivity contribution in [3.63, 3.8) is 0 Å². The van der Waals surface area contributed by atoms with Gasteiger partial charge in [0.15, 0.2) is 0 Å². The van der Waals surface area contributed by atoms with Crippen molar-refractivity contribution in [1.82, 2.24) is 0 Å². The molecule has 4 N–H and O–H groups in total. The average Bonchev–Trinajstić information content (AvgIpc) is 3.16. The largest absolute Gasteiger partial charge is 0.397 e. The van der Waals surface area contributed by atoms with Crippen molar-refractivity contribution in [3.8, 4) is 0 Å². The molecular formula is C28H48O7S. The summed E-state index contributed by atoms with van der Waals surface area (Å²) in [7, 11) is -4.51. The van der Waals surface area contributed by atoms with Crippen LogP contribution in [-0.2, 0) is 14.6 Å². The highest BCUT2D eigenvalue weighted by Crippen LogP contribution is 2.68. The fourth-order valence-electron chi connectivity index (χ4n) is 9.41. The first-order valence-corrected chi connectivity index (χ1v) is 15.4. The lowest BCUT2D eigenvalue weighted by Crippen LogP contribution is -2.56. The Kier molecular flexibility index (Phi) is 8.37. The van der Waals surface area contributed by atoms with E-state index in [4.69, 9.17) is 4.18 Å². The summed E-state index contributed by atoms with van der Waals surface area (Å²) >= 11 is 0. The summed E-state index contributed by atoms with van der Waals surface area (Å²) in [5, 5.41) is 30.4. The van der Waals surface area contributed by atoms with E-state index in [-0.39, 0.29) is 35.9 Å². The lowest BCUT2D eigenvalue weighted by atomic mass is 9.44. The highest BCUT2D eigenvalue weighted by molar-refractivity contribution is 7.80. The first-order chi connectivity index (χ1) is 16.8. The average molecular weight is 529 g/mol. The summed E-state index contributed by atoms with van der Waals surface area (Å²) in [5.41, 5.74) is 1.10. The second-order valence-electron chi connectivity index (χ2n) is 13.2. The summed E-state index contributed by atoms with van der Waals surface area (Å²) < 4.78 is 37.2. The lowest BCUT2D eigenvalue weighted by molar-refractivity contribution is -0.161. The predicted octanol–water partition coefficient (Wildman–Crippen LogP) is 4.38. The fourth-order valence-corrected chi connectivity index (χ4v) is 9.76. The number of aliphatic hydroxyl groups is 3. The molecule has 4 rings (SSSR count). The van der Waals surface area contributed by atoms with Gasteiger partial charge in [-0.05, 0) is 116 Å². The SMILES string of the molecule is C=C(CC[C@@H](COS(=O)(=O)O)[C@H]1CC[C@H]2[C@@H]3CCC4C[C@H](O)[C@@H](O)C[C@]4(C)[C@H]3CC[C@]12C)[C@@H](C)CO. The normalized spacial score (nSPS) is 44.2. The molecule has 0 aromatic carbocycles. The van der Waals surface area contributed by atoms with Gasteiger partial charge in [0.05, 0.1) is 18.8 Å². The van der Waals surface area contributed by atoms with Gasteiger partial charge in [0.1, 0.15) is 0 Å². The van der Waals surface area contributed by atoms with E-state index in [0.29, 0.717) is 48.9 Å². The third kappa shape index (κ3) is 5.32. The second kappa shape index (κ2) is 10.6. The highest BCUT2D eigenvalue weighted by Gasteiger charge is 2.61. The Morgan fingerprint density at radius 3 is 2.42 bits per heavy atom. The van der Waals surface area contributed by atoms with Gasteiger partial charge in [-0.25, -0.2) is 4.18 Å². The van der Waals surface area contributed by atoms with E-state index in [1.165, 1.54) is 0 Å². The summed E-state index contributed by atoms with van der Waals surface area (Å²) in [6.07, 6.45) is 8.16. The van der Waals surface area contributed by atoms with Crippen LogP contribution in [0.4, 0.5) is 0 Å². The van der Waals surface area contributed by atoms with Crippen molar-refractivity contribution >= 4 is 10.4 Å². The van der Waals surface area contributed by atoms with Crippen molar-refractivity contribution in [2.24, 2.45) is 52.3 Å². The maximum absolute atomic E-state index is 11.5. The number of hydrogen-bond donors (Lipinski definition) is 4.